The molecule has 4 atom stereocenters. The van der Waals surface area contributed by atoms with Gasteiger partial charge >= 0.3 is 0 Å². The van der Waals surface area contributed by atoms with Gasteiger partial charge in [0.1, 0.15) is 40.8 Å². The SMILES string of the molecule is COc1cc(-c2oc3cc(O)cc(O)c3c(=O)c2O[C@@H]2OC[C@@H](O)C(O)C2O)cc(OC)c1O. The van der Waals surface area contributed by atoms with E-state index in [1.807, 2.05) is 0 Å². The minimum atomic E-state index is -1.73. The third kappa shape index (κ3) is 3.92. The van der Waals surface area contributed by atoms with Crippen molar-refractivity contribution in [3.8, 4) is 45.8 Å². The van der Waals surface area contributed by atoms with Crippen LogP contribution in [0, 0.1) is 0 Å². The molecule has 3 aromatic rings. The van der Waals surface area contributed by atoms with Gasteiger partial charge in [0.2, 0.25) is 23.2 Å². The summed E-state index contributed by atoms with van der Waals surface area (Å²) in [5, 5.41) is 59.9. The molecule has 1 aromatic heterocycles. The van der Waals surface area contributed by atoms with Gasteiger partial charge in [0, 0.05) is 17.7 Å². The summed E-state index contributed by atoms with van der Waals surface area (Å²) in [6.45, 7) is -0.392. The molecule has 0 amide bonds. The summed E-state index contributed by atoms with van der Waals surface area (Å²) in [6, 6.07) is 4.66. The Balaban J connectivity index is 1.96. The van der Waals surface area contributed by atoms with E-state index in [4.69, 9.17) is 23.4 Å². The number of hydrogen-bond acceptors (Lipinski definition) is 12. The van der Waals surface area contributed by atoms with Gasteiger partial charge in [0.15, 0.2) is 17.3 Å². The third-order valence-corrected chi connectivity index (χ3v) is 5.35. The maximum atomic E-state index is 13.4. The Morgan fingerprint density at radius 3 is 2.21 bits per heavy atom. The molecule has 1 aliphatic rings. The molecule has 1 fully saturated rings. The highest BCUT2D eigenvalue weighted by Gasteiger charge is 2.40. The smallest absolute Gasteiger partial charge is 0.239 e. The normalized spacial score (nSPS) is 22.5. The topological polar surface area (TPSA) is 189 Å². The van der Waals surface area contributed by atoms with Crippen molar-refractivity contribution in [1.82, 2.24) is 0 Å². The summed E-state index contributed by atoms with van der Waals surface area (Å²) in [5.41, 5.74) is -0.971. The van der Waals surface area contributed by atoms with Crippen LogP contribution >= 0.6 is 0 Å². The van der Waals surface area contributed by atoms with E-state index in [2.05, 4.69) is 0 Å². The number of aliphatic hydroxyl groups excluding tert-OH is 3. The van der Waals surface area contributed by atoms with Gasteiger partial charge in [-0.25, -0.2) is 0 Å². The second kappa shape index (κ2) is 8.91. The summed E-state index contributed by atoms with van der Waals surface area (Å²) >= 11 is 0. The molecule has 1 saturated heterocycles. The molecule has 2 aromatic carbocycles. The van der Waals surface area contributed by atoms with E-state index in [0.717, 1.165) is 12.1 Å². The van der Waals surface area contributed by atoms with Crippen LogP contribution in [-0.4, -0.2) is 76.1 Å². The summed E-state index contributed by atoms with van der Waals surface area (Å²) in [6.07, 6.45) is -6.31. The molecule has 2 heterocycles. The van der Waals surface area contributed by atoms with Crippen LogP contribution in [0.2, 0.25) is 0 Å². The number of phenols is 3. The van der Waals surface area contributed by atoms with Gasteiger partial charge in [0.05, 0.1) is 20.8 Å². The van der Waals surface area contributed by atoms with Gasteiger partial charge in [-0.3, -0.25) is 4.79 Å². The van der Waals surface area contributed by atoms with E-state index in [9.17, 15) is 35.4 Å². The van der Waals surface area contributed by atoms with Crippen molar-refractivity contribution in [3.63, 3.8) is 0 Å². The monoisotopic (exact) mass is 478 g/mol. The van der Waals surface area contributed by atoms with E-state index in [0.29, 0.717) is 0 Å². The Hall–Kier alpha value is -3.71. The van der Waals surface area contributed by atoms with E-state index in [-0.39, 0.29) is 45.3 Å². The molecule has 2 unspecified atom stereocenters. The van der Waals surface area contributed by atoms with Crippen LogP contribution in [0.1, 0.15) is 0 Å². The number of rotatable bonds is 5. The number of benzene rings is 2. The molecule has 12 nitrogen and oxygen atoms in total. The van der Waals surface area contributed by atoms with Crippen LogP contribution < -0.4 is 19.6 Å². The van der Waals surface area contributed by atoms with Gasteiger partial charge in [-0.05, 0) is 12.1 Å². The van der Waals surface area contributed by atoms with Crippen LogP contribution in [0.15, 0.2) is 33.5 Å². The van der Waals surface area contributed by atoms with E-state index in [1.54, 1.807) is 0 Å². The fourth-order valence-corrected chi connectivity index (χ4v) is 3.59. The number of phenolic OH excluding ortho intramolecular Hbond substituents is 3. The van der Waals surface area contributed by atoms with Crippen LogP contribution in [0.5, 0.6) is 34.5 Å². The fraction of sp³-hybridized carbons (Fsp3) is 0.318. The number of ether oxygens (including phenoxy) is 4. The van der Waals surface area contributed by atoms with Crippen LogP contribution in [0.3, 0.4) is 0 Å². The highest BCUT2D eigenvalue weighted by Crippen LogP contribution is 2.43. The zero-order valence-electron chi connectivity index (χ0n) is 18.0. The quantitative estimate of drug-likeness (QED) is 0.297. The Bertz CT molecular complexity index is 1260. The largest absolute Gasteiger partial charge is 0.508 e. The minimum Gasteiger partial charge on any atom is -0.508 e. The molecule has 0 bridgehead atoms. The highest BCUT2D eigenvalue weighted by atomic mass is 16.7. The van der Waals surface area contributed by atoms with E-state index >= 15 is 0 Å². The molecule has 0 spiro atoms. The molecule has 34 heavy (non-hydrogen) atoms. The van der Waals surface area contributed by atoms with Crippen molar-refractivity contribution in [2.24, 2.45) is 0 Å². The Morgan fingerprint density at radius 2 is 1.59 bits per heavy atom. The van der Waals surface area contributed by atoms with Gasteiger partial charge < -0.3 is 54.0 Å². The second-order valence-corrected chi connectivity index (χ2v) is 7.52. The van der Waals surface area contributed by atoms with Crippen molar-refractivity contribution in [1.29, 1.82) is 0 Å². The van der Waals surface area contributed by atoms with Crippen molar-refractivity contribution in [2.45, 2.75) is 24.6 Å². The standard InChI is InChI=1S/C22H22O12/c1-30-13-3-8(4-14(31-2)17(13)27)20-21(34-22-19(29)16(26)11(25)7-32-22)18(28)15-10(24)5-9(23)6-12(15)33-20/h3-6,11,16,19,22-27,29H,7H2,1-2H3/t11-,16?,19?,22+/m1/s1. The average Bonchev–Trinajstić information content (AvgIpc) is 2.80. The second-order valence-electron chi connectivity index (χ2n) is 7.52. The minimum absolute atomic E-state index is 0.0331. The summed E-state index contributed by atoms with van der Waals surface area (Å²) in [5.74, 6) is -2.15. The molecule has 182 valence electrons. The van der Waals surface area contributed by atoms with Crippen LogP contribution in [0.25, 0.3) is 22.3 Å². The van der Waals surface area contributed by atoms with Crippen molar-refractivity contribution in [3.05, 3.63) is 34.5 Å². The first-order valence-corrected chi connectivity index (χ1v) is 9.96. The van der Waals surface area contributed by atoms with Crippen molar-refractivity contribution in [2.75, 3.05) is 20.8 Å². The lowest BCUT2D eigenvalue weighted by molar-refractivity contribution is -0.242. The molecule has 0 radical (unpaired) electrons. The molecular weight excluding hydrogens is 456 g/mol. The number of aromatic hydroxyl groups is 3. The summed E-state index contributed by atoms with van der Waals surface area (Å²) in [4.78, 5) is 13.4. The first kappa shape index (κ1) is 23.4. The fourth-order valence-electron chi connectivity index (χ4n) is 3.59. The maximum Gasteiger partial charge on any atom is 0.239 e. The van der Waals surface area contributed by atoms with Gasteiger partial charge in [0.25, 0.3) is 0 Å². The lowest BCUT2D eigenvalue weighted by atomic mass is 10.1. The van der Waals surface area contributed by atoms with Gasteiger partial charge in [-0.15, -0.1) is 0 Å². The lowest BCUT2D eigenvalue weighted by Gasteiger charge is -2.34. The lowest BCUT2D eigenvalue weighted by Crippen LogP contribution is -2.55. The molecule has 12 heteroatoms. The van der Waals surface area contributed by atoms with E-state index < -0.39 is 48.1 Å². The molecule has 6 N–H and O–H groups in total. The van der Waals surface area contributed by atoms with Crippen LogP contribution in [0.4, 0.5) is 0 Å². The predicted molar refractivity (Wildman–Crippen MR) is 114 cm³/mol. The number of hydrogen-bond donors (Lipinski definition) is 6. The van der Waals surface area contributed by atoms with Crippen molar-refractivity contribution >= 4 is 11.0 Å². The zero-order chi connectivity index (χ0) is 24.7. The number of methoxy groups -OCH3 is 2. The van der Waals surface area contributed by atoms with Crippen LogP contribution in [-0.2, 0) is 4.74 Å². The molecule has 4 rings (SSSR count). The third-order valence-electron chi connectivity index (χ3n) is 5.35. The molecule has 1 aliphatic heterocycles. The van der Waals surface area contributed by atoms with Crippen molar-refractivity contribution < 1.29 is 54.0 Å². The Kier molecular flexibility index (Phi) is 6.15. The summed E-state index contributed by atoms with van der Waals surface area (Å²) in [7, 11) is 2.59. The zero-order valence-corrected chi connectivity index (χ0v) is 18.0. The Labute approximate surface area is 191 Å². The van der Waals surface area contributed by atoms with Gasteiger partial charge in [-0.2, -0.15) is 0 Å². The predicted octanol–water partition coefficient (Wildman–Crippen LogP) is 0.412. The van der Waals surface area contributed by atoms with E-state index in [1.165, 1.54) is 26.4 Å². The number of aliphatic hydroxyl groups is 3. The first-order valence-electron chi connectivity index (χ1n) is 9.96. The number of fused-ring (bicyclic) bond motifs is 1. The molecule has 0 aliphatic carbocycles. The summed E-state index contributed by atoms with van der Waals surface area (Å²) < 4.78 is 26.9. The first-order chi connectivity index (χ1) is 16.2. The highest BCUT2D eigenvalue weighted by molar-refractivity contribution is 5.88. The molecule has 0 saturated carbocycles. The average molecular weight is 478 g/mol. The molecular formula is C22H22O12. The Morgan fingerprint density at radius 1 is 0.941 bits per heavy atom. The van der Waals surface area contributed by atoms with Gasteiger partial charge in [-0.1, -0.05) is 0 Å². The maximum absolute atomic E-state index is 13.4.